The molecule has 0 heterocycles. The first-order valence-electron chi connectivity index (χ1n) is 5.81. The summed E-state index contributed by atoms with van der Waals surface area (Å²) in [7, 11) is -3.62. The van der Waals surface area contributed by atoms with E-state index in [1.807, 2.05) is 6.92 Å². The van der Waals surface area contributed by atoms with Gasteiger partial charge >= 0.3 is 0 Å². The molecular weight excluding hydrogens is 262 g/mol. The molecule has 0 saturated heterocycles. The molecule has 2 rings (SSSR count). The van der Waals surface area contributed by atoms with Crippen molar-refractivity contribution in [1.29, 1.82) is 0 Å². The third kappa shape index (κ3) is 3.13. The fourth-order valence-electron chi connectivity index (χ4n) is 1.76. The number of hydrogen-bond acceptors (Lipinski definition) is 3. The van der Waals surface area contributed by atoms with Gasteiger partial charge in [-0.05, 0) is 25.1 Å². The molecule has 0 fully saturated rings. The van der Waals surface area contributed by atoms with E-state index in [1.165, 1.54) is 12.1 Å². The third-order valence-corrected chi connectivity index (χ3v) is 4.11. The summed E-state index contributed by atoms with van der Waals surface area (Å²) >= 11 is 0. The summed E-state index contributed by atoms with van der Waals surface area (Å²) in [5, 5.41) is 9.28. The van der Waals surface area contributed by atoms with Gasteiger partial charge in [-0.2, -0.15) is 0 Å². The van der Waals surface area contributed by atoms with Gasteiger partial charge in [0.2, 0.25) is 0 Å². The molecule has 0 unspecified atom stereocenters. The zero-order chi connectivity index (χ0) is 13.9. The summed E-state index contributed by atoms with van der Waals surface area (Å²) in [5.74, 6) is 0. The van der Waals surface area contributed by atoms with Crippen LogP contribution in [0, 0.1) is 6.92 Å². The second-order valence-electron chi connectivity index (χ2n) is 4.24. The first kappa shape index (κ1) is 13.6. The molecule has 19 heavy (non-hydrogen) atoms. The predicted octanol–water partition coefficient (Wildman–Crippen LogP) is 2.29. The quantitative estimate of drug-likeness (QED) is 0.901. The van der Waals surface area contributed by atoms with Crippen molar-refractivity contribution >= 4 is 15.7 Å². The van der Waals surface area contributed by atoms with Crippen LogP contribution in [0.3, 0.4) is 0 Å². The number of anilines is 1. The van der Waals surface area contributed by atoms with Gasteiger partial charge in [-0.3, -0.25) is 4.72 Å². The van der Waals surface area contributed by atoms with Crippen LogP contribution in [0.15, 0.2) is 53.4 Å². The van der Waals surface area contributed by atoms with Crippen LogP contribution in [-0.4, -0.2) is 13.5 Å². The maximum atomic E-state index is 12.2. The first-order chi connectivity index (χ1) is 9.03. The number of aryl methyl sites for hydroxylation is 1. The monoisotopic (exact) mass is 277 g/mol. The Labute approximate surface area is 112 Å². The van der Waals surface area contributed by atoms with Gasteiger partial charge in [0, 0.05) is 5.56 Å². The normalized spacial score (nSPS) is 11.3. The van der Waals surface area contributed by atoms with Crippen molar-refractivity contribution in [2.24, 2.45) is 0 Å². The molecule has 0 saturated carbocycles. The molecule has 2 aromatic carbocycles. The molecule has 0 radical (unpaired) electrons. The zero-order valence-electron chi connectivity index (χ0n) is 10.5. The maximum absolute atomic E-state index is 12.2. The van der Waals surface area contributed by atoms with Gasteiger partial charge in [0.15, 0.2) is 0 Å². The Balaban J connectivity index is 2.36. The highest BCUT2D eigenvalue weighted by atomic mass is 32.2. The van der Waals surface area contributed by atoms with Crippen molar-refractivity contribution in [3.05, 3.63) is 59.7 Å². The summed E-state index contributed by atoms with van der Waals surface area (Å²) < 4.78 is 26.8. The first-order valence-corrected chi connectivity index (χ1v) is 7.29. The van der Waals surface area contributed by atoms with Crippen LogP contribution in [0.5, 0.6) is 0 Å². The van der Waals surface area contributed by atoms with Gasteiger partial charge in [-0.1, -0.05) is 35.9 Å². The lowest BCUT2D eigenvalue weighted by Gasteiger charge is -2.12. The Morgan fingerprint density at radius 2 is 1.79 bits per heavy atom. The van der Waals surface area contributed by atoms with Crippen LogP contribution in [0.25, 0.3) is 0 Å². The smallest absolute Gasteiger partial charge is 0.261 e. The topological polar surface area (TPSA) is 66.4 Å². The molecule has 0 amide bonds. The lowest BCUT2D eigenvalue weighted by Crippen LogP contribution is -2.14. The van der Waals surface area contributed by atoms with Gasteiger partial charge < -0.3 is 5.11 Å². The van der Waals surface area contributed by atoms with E-state index in [-0.39, 0.29) is 11.5 Å². The van der Waals surface area contributed by atoms with Crippen molar-refractivity contribution in [1.82, 2.24) is 0 Å². The van der Waals surface area contributed by atoms with Crippen LogP contribution in [0.4, 0.5) is 5.69 Å². The zero-order valence-corrected chi connectivity index (χ0v) is 11.3. The summed E-state index contributed by atoms with van der Waals surface area (Å²) in [4.78, 5) is 0.194. The highest BCUT2D eigenvalue weighted by molar-refractivity contribution is 7.92. The van der Waals surface area contributed by atoms with Crippen LogP contribution in [-0.2, 0) is 16.6 Å². The largest absolute Gasteiger partial charge is 0.392 e. The highest BCUT2D eigenvalue weighted by Crippen LogP contribution is 2.21. The Morgan fingerprint density at radius 1 is 1.11 bits per heavy atom. The molecule has 2 N–H and O–H groups in total. The molecule has 0 aromatic heterocycles. The number of aliphatic hydroxyl groups excluding tert-OH is 1. The summed E-state index contributed by atoms with van der Waals surface area (Å²) in [6.07, 6.45) is 0. The molecular formula is C14H15NO3S. The molecule has 5 heteroatoms. The Kier molecular flexibility index (Phi) is 3.87. The fraction of sp³-hybridized carbons (Fsp3) is 0.143. The standard InChI is InChI=1S/C14H15NO3S/c1-11-7-8-14(12(9-11)10-16)15-19(17,18)13-5-3-2-4-6-13/h2-9,15-16H,10H2,1H3. The van der Waals surface area contributed by atoms with E-state index in [2.05, 4.69) is 4.72 Å². The van der Waals surface area contributed by atoms with Gasteiger partial charge in [0.25, 0.3) is 10.0 Å². The number of rotatable bonds is 4. The number of sulfonamides is 1. The van der Waals surface area contributed by atoms with Crippen molar-refractivity contribution in [2.75, 3.05) is 4.72 Å². The molecule has 0 bridgehead atoms. The van der Waals surface area contributed by atoms with Crippen molar-refractivity contribution < 1.29 is 13.5 Å². The summed E-state index contributed by atoms with van der Waals surface area (Å²) in [6, 6.07) is 13.3. The van der Waals surface area contributed by atoms with Crippen LogP contribution < -0.4 is 4.72 Å². The van der Waals surface area contributed by atoms with E-state index >= 15 is 0 Å². The van der Waals surface area contributed by atoms with Crippen LogP contribution >= 0.6 is 0 Å². The van der Waals surface area contributed by atoms with Crippen LogP contribution in [0.1, 0.15) is 11.1 Å². The van der Waals surface area contributed by atoms with Crippen molar-refractivity contribution in [3.8, 4) is 0 Å². The lowest BCUT2D eigenvalue weighted by molar-refractivity contribution is 0.282. The lowest BCUT2D eigenvalue weighted by atomic mass is 10.1. The Morgan fingerprint density at radius 3 is 2.42 bits per heavy atom. The maximum Gasteiger partial charge on any atom is 0.261 e. The van der Waals surface area contributed by atoms with Crippen LogP contribution in [0.2, 0.25) is 0 Å². The minimum absolute atomic E-state index is 0.194. The second kappa shape index (κ2) is 5.42. The minimum Gasteiger partial charge on any atom is -0.392 e. The van der Waals surface area contributed by atoms with Gasteiger partial charge in [0.05, 0.1) is 17.2 Å². The van der Waals surface area contributed by atoms with Gasteiger partial charge in [0.1, 0.15) is 0 Å². The Bertz CT molecular complexity index is 666. The van der Waals surface area contributed by atoms with E-state index in [9.17, 15) is 13.5 Å². The van der Waals surface area contributed by atoms with Crippen molar-refractivity contribution in [3.63, 3.8) is 0 Å². The second-order valence-corrected chi connectivity index (χ2v) is 5.92. The molecule has 0 atom stereocenters. The van der Waals surface area contributed by atoms with E-state index in [4.69, 9.17) is 0 Å². The molecule has 2 aromatic rings. The number of nitrogens with one attached hydrogen (secondary N) is 1. The SMILES string of the molecule is Cc1ccc(NS(=O)(=O)c2ccccc2)c(CO)c1. The minimum atomic E-state index is -3.62. The highest BCUT2D eigenvalue weighted by Gasteiger charge is 2.15. The molecule has 0 aliphatic carbocycles. The summed E-state index contributed by atoms with van der Waals surface area (Å²) in [6.45, 7) is 1.67. The molecule has 0 aliphatic rings. The number of hydrogen-bond donors (Lipinski definition) is 2. The van der Waals surface area contributed by atoms with E-state index in [0.29, 0.717) is 11.3 Å². The van der Waals surface area contributed by atoms with E-state index < -0.39 is 10.0 Å². The molecule has 4 nitrogen and oxygen atoms in total. The van der Waals surface area contributed by atoms with Crippen molar-refractivity contribution in [2.45, 2.75) is 18.4 Å². The van der Waals surface area contributed by atoms with Gasteiger partial charge in [-0.15, -0.1) is 0 Å². The number of benzene rings is 2. The van der Waals surface area contributed by atoms with Gasteiger partial charge in [-0.25, -0.2) is 8.42 Å². The molecule has 0 aliphatic heterocycles. The molecule has 0 spiro atoms. The third-order valence-electron chi connectivity index (χ3n) is 2.73. The predicted molar refractivity (Wildman–Crippen MR) is 74.4 cm³/mol. The molecule has 100 valence electrons. The van der Waals surface area contributed by atoms with E-state index in [0.717, 1.165) is 5.56 Å². The fourth-order valence-corrected chi connectivity index (χ4v) is 2.88. The average molecular weight is 277 g/mol. The average Bonchev–Trinajstić information content (AvgIpc) is 2.41. The van der Waals surface area contributed by atoms with E-state index in [1.54, 1.807) is 36.4 Å². The Hall–Kier alpha value is -1.85. The number of aliphatic hydroxyl groups is 1. The summed E-state index contributed by atoms with van der Waals surface area (Å²) in [5.41, 5.74) is 1.92.